The van der Waals surface area contributed by atoms with E-state index in [0.717, 1.165) is 0 Å². The van der Waals surface area contributed by atoms with Crippen molar-refractivity contribution < 1.29 is 18.3 Å². The number of rotatable bonds is 4. The average molecular weight is 279 g/mol. The van der Waals surface area contributed by atoms with Gasteiger partial charge < -0.3 is 10.8 Å². The summed E-state index contributed by atoms with van der Waals surface area (Å²) in [6, 6.07) is 7.69. The van der Waals surface area contributed by atoms with E-state index >= 15 is 0 Å². The molecule has 0 saturated heterocycles. The molecule has 2 rings (SSSR count). The molecule has 6 heteroatoms. The summed E-state index contributed by atoms with van der Waals surface area (Å²) < 4.78 is 23.7. The molecule has 0 spiro atoms. The van der Waals surface area contributed by atoms with E-state index < -0.39 is 16.4 Å². The van der Waals surface area contributed by atoms with Gasteiger partial charge in [-0.25, -0.2) is 8.42 Å². The van der Waals surface area contributed by atoms with Crippen LogP contribution >= 0.6 is 0 Å². The number of nitrogens with two attached hydrogens (primary N) is 1. The van der Waals surface area contributed by atoms with E-state index in [1.54, 1.807) is 18.2 Å². The molecule has 19 heavy (non-hydrogen) atoms. The second-order valence-electron chi connectivity index (χ2n) is 4.11. The van der Waals surface area contributed by atoms with Crippen LogP contribution < -0.4 is 5.73 Å². The van der Waals surface area contributed by atoms with Gasteiger partial charge in [0.15, 0.2) is 16.1 Å². The van der Waals surface area contributed by atoms with Gasteiger partial charge in [0.05, 0.1) is 17.3 Å². The highest BCUT2D eigenvalue weighted by molar-refractivity contribution is 7.91. The fourth-order valence-electron chi connectivity index (χ4n) is 1.88. The molecule has 0 aliphatic heterocycles. The minimum Gasteiger partial charge on any atom is -0.398 e. The van der Waals surface area contributed by atoms with Gasteiger partial charge in [-0.15, -0.1) is 0 Å². The Kier molecular flexibility index (Phi) is 3.55. The van der Waals surface area contributed by atoms with Gasteiger partial charge in [-0.1, -0.05) is 12.1 Å². The first-order chi connectivity index (χ1) is 8.99. The Morgan fingerprint density at radius 1 is 1.21 bits per heavy atom. The number of hydrogen-bond acceptors (Lipinski definition) is 5. The summed E-state index contributed by atoms with van der Waals surface area (Å²) in [5, 5.41) is 10.0. The minimum absolute atomic E-state index is 0.132. The molecule has 3 N–H and O–H groups in total. The normalized spacial score (nSPS) is 11.6. The number of aldehydes is 1. The van der Waals surface area contributed by atoms with E-state index in [9.17, 15) is 13.2 Å². The smallest absolute Gasteiger partial charge is 0.180 e. The van der Waals surface area contributed by atoms with Crippen LogP contribution in [0.4, 0.5) is 5.69 Å². The number of fused-ring (bicyclic) bond motifs is 1. The summed E-state index contributed by atoms with van der Waals surface area (Å²) in [5.74, 6) is -0.319. The molecule has 0 fully saturated rings. The van der Waals surface area contributed by atoms with Crippen molar-refractivity contribution in [2.75, 3.05) is 18.1 Å². The summed E-state index contributed by atoms with van der Waals surface area (Å²) in [6.07, 6.45) is 0.658. The zero-order chi connectivity index (χ0) is 14.0. The van der Waals surface area contributed by atoms with Crippen molar-refractivity contribution in [1.29, 1.82) is 0 Å². The average Bonchev–Trinajstić information content (AvgIpc) is 2.39. The second kappa shape index (κ2) is 4.99. The quantitative estimate of drug-likeness (QED) is 0.642. The van der Waals surface area contributed by atoms with Gasteiger partial charge in [0.25, 0.3) is 0 Å². The van der Waals surface area contributed by atoms with E-state index in [0.29, 0.717) is 28.3 Å². The summed E-state index contributed by atoms with van der Waals surface area (Å²) in [6.45, 7) is -0.424. The first-order valence-corrected chi connectivity index (χ1v) is 7.26. The summed E-state index contributed by atoms with van der Waals surface area (Å²) in [4.78, 5) is 10.9. The maximum Gasteiger partial charge on any atom is 0.180 e. The lowest BCUT2D eigenvalue weighted by molar-refractivity contribution is 0.112. The lowest BCUT2D eigenvalue weighted by atomic mass is 10.1. The van der Waals surface area contributed by atoms with E-state index in [1.165, 1.54) is 12.1 Å². The fourth-order valence-corrected chi connectivity index (χ4v) is 2.94. The molecule has 0 radical (unpaired) electrons. The number of hydrogen-bond donors (Lipinski definition) is 2. The van der Waals surface area contributed by atoms with Crippen molar-refractivity contribution >= 4 is 32.6 Å². The van der Waals surface area contributed by atoms with E-state index in [1.807, 2.05) is 0 Å². The maximum atomic E-state index is 11.8. The third-order valence-corrected chi connectivity index (χ3v) is 4.60. The molecule has 0 unspecified atom stereocenters. The molecule has 0 bridgehead atoms. The highest BCUT2D eigenvalue weighted by Crippen LogP contribution is 2.26. The molecule has 2 aromatic carbocycles. The van der Waals surface area contributed by atoms with Gasteiger partial charge in [-0.05, 0) is 23.6 Å². The Labute approximate surface area is 110 Å². The molecule has 100 valence electrons. The van der Waals surface area contributed by atoms with Crippen LogP contribution in [0.1, 0.15) is 10.4 Å². The SMILES string of the molecule is Nc1c(C=O)ccc2cc(S(=O)(=O)CCO)ccc12. The van der Waals surface area contributed by atoms with Crippen LogP contribution in [0, 0.1) is 0 Å². The first-order valence-electron chi connectivity index (χ1n) is 5.60. The third-order valence-electron chi connectivity index (χ3n) is 2.91. The molecular formula is C13H13NO4S. The van der Waals surface area contributed by atoms with Gasteiger partial charge in [0, 0.05) is 16.6 Å². The molecule has 0 aliphatic rings. The zero-order valence-electron chi connectivity index (χ0n) is 10.0. The Bertz CT molecular complexity index is 738. The molecule has 5 nitrogen and oxygen atoms in total. The lowest BCUT2D eigenvalue weighted by Crippen LogP contribution is -2.10. The van der Waals surface area contributed by atoms with Gasteiger partial charge in [-0.2, -0.15) is 0 Å². The third kappa shape index (κ3) is 2.45. The predicted octanol–water partition coefficient (Wildman–Crippen LogP) is 1.00. The van der Waals surface area contributed by atoms with E-state index in [4.69, 9.17) is 10.8 Å². The lowest BCUT2D eigenvalue weighted by Gasteiger charge is -2.07. The predicted molar refractivity (Wildman–Crippen MR) is 72.9 cm³/mol. The van der Waals surface area contributed by atoms with Gasteiger partial charge in [0.2, 0.25) is 0 Å². The molecule has 0 atom stereocenters. The summed E-state index contributed by atoms with van der Waals surface area (Å²) in [7, 11) is -3.49. The topological polar surface area (TPSA) is 97.5 Å². The summed E-state index contributed by atoms with van der Waals surface area (Å²) >= 11 is 0. The van der Waals surface area contributed by atoms with Crippen molar-refractivity contribution in [2.45, 2.75) is 4.90 Å². The van der Waals surface area contributed by atoms with Crippen LogP contribution in [0.2, 0.25) is 0 Å². The molecule has 0 heterocycles. The molecular weight excluding hydrogens is 266 g/mol. The van der Waals surface area contributed by atoms with Crippen molar-refractivity contribution in [2.24, 2.45) is 0 Å². The Hall–Kier alpha value is -1.92. The van der Waals surface area contributed by atoms with Crippen molar-refractivity contribution in [3.8, 4) is 0 Å². The Morgan fingerprint density at radius 3 is 2.58 bits per heavy atom. The highest BCUT2D eigenvalue weighted by Gasteiger charge is 2.14. The Morgan fingerprint density at radius 2 is 1.95 bits per heavy atom. The monoisotopic (exact) mass is 279 g/mol. The largest absolute Gasteiger partial charge is 0.398 e. The molecule has 0 amide bonds. The number of carbonyl (C=O) groups excluding carboxylic acids is 1. The number of anilines is 1. The van der Waals surface area contributed by atoms with Crippen LogP contribution in [0.25, 0.3) is 10.8 Å². The van der Waals surface area contributed by atoms with Crippen LogP contribution in [0.3, 0.4) is 0 Å². The number of benzene rings is 2. The number of sulfone groups is 1. The fraction of sp³-hybridized carbons (Fsp3) is 0.154. The standard InChI is InChI=1S/C13H13NO4S/c14-13-10(8-16)2-1-9-7-11(3-4-12(9)13)19(17,18)6-5-15/h1-4,7-8,15H,5-6,14H2. The molecule has 2 aromatic rings. The molecule has 0 aliphatic carbocycles. The molecule has 0 aromatic heterocycles. The number of aliphatic hydroxyl groups excluding tert-OH is 1. The van der Waals surface area contributed by atoms with Crippen molar-refractivity contribution in [3.63, 3.8) is 0 Å². The van der Waals surface area contributed by atoms with E-state index in [2.05, 4.69) is 0 Å². The van der Waals surface area contributed by atoms with Crippen LogP contribution in [-0.2, 0) is 9.84 Å². The van der Waals surface area contributed by atoms with Gasteiger partial charge in [0.1, 0.15) is 0 Å². The minimum atomic E-state index is -3.49. The Balaban J connectivity index is 2.63. The summed E-state index contributed by atoms with van der Waals surface area (Å²) in [5.41, 5.74) is 6.53. The van der Waals surface area contributed by atoms with Crippen LogP contribution in [0.5, 0.6) is 0 Å². The van der Waals surface area contributed by atoms with Crippen molar-refractivity contribution in [3.05, 3.63) is 35.9 Å². The van der Waals surface area contributed by atoms with E-state index in [-0.39, 0.29) is 10.6 Å². The van der Waals surface area contributed by atoms with Crippen LogP contribution in [0.15, 0.2) is 35.2 Å². The maximum absolute atomic E-state index is 11.8. The molecule has 0 saturated carbocycles. The number of carbonyl (C=O) groups is 1. The van der Waals surface area contributed by atoms with Crippen LogP contribution in [-0.4, -0.2) is 32.2 Å². The zero-order valence-corrected chi connectivity index (χ0v) is 10.9. The number of nitrogen functional groups attached to an aromatic ring is 1. The van der Waals surface area contributed by atoms with Gasteiger partial charge >= 0.3 is 0 Å². The number of aliphatic hydroxyl groups is 1. The highest BCUT2D eigenvalue weighted by atomic mass is 32.2. The first kappa shape index (κ1) is 13.5. The second-order valence-corrected chi connectivity index (χ2v) is 6.22. The van der Waals surface area contributed by atoms with Crippen molar-refractivity contribution in [1.82, 2.24) is 0 Å². The van der Waals surface area contributed by atoms with Gasteiger partial charge in [-0.3, -0.25) is 4.79 Å².